The standard InChI is InChI=1S/C31H44O4.C4H6O2/c1-6-9-10-11-27-14-12-24(18-25(27)7-2)13-15-28-16-17-29(19-26(28)8-3)30(21-34-5)22-35-31(33)23(4)20-32;1-4(2-5)3-6/h12,14,16-19,30,32H,4,6-11,13,15,20-22H2,1-3,5H3;2,6H,1,3H2. The summed E-state index contributed by atoms with van der Waals surface area (Å²) in [6, 6.07) is 13.6. The SMILES string of the molecule is C=C(C=O)CO.C=C(CO)C(=O)OCC(COC)c1ccc(CCc2ccc(CCCCC)c(CC)c2)c(CC)c1. The molecule has 0 aliphatic heterocycles. The second-order valence-corrected chi connectivity index (χ2v) is 10.2. The van der Waals surface area contributed by atoms with Gasteiger partial charge in [0.1, 0.15) is 12.9 Å². The number of hydrogen-bond donors (Lipinski definition) is 2. The summed E-state index contributed by atoms with van der Waals surface area (Å²) in [7, 11) is 1.65. The molecule has 0 saturated carbocycles. The van der Waals surface area contributed by atoms with Crippen molar-refractivity contribution >= 4 is 12.3 Å². The molecule has 0 fully saturated rings. The van der Waals surface area contributed by atoms with Crippen LogP contribution in [0.2, 0.25) is 0 Å². The number of methoxy groups -OCH3 is 1. The lowest BCUT2D eigenvalue weighted by atomic mass is 9.91. The van der Waals surface area contributed by atoms with E-state index >= 15 is 0 Å². The van der Waals surface area contributed by atoms with Gasteiger partial charge in [-0.05, 0) is 71.9 Å². The van der Waals surface area contributed by atoms with Gasteiger partial charge in [0.15, 0.2) is 0 Å². The number of benzene rings is 2. The summed E-state index contributed by atoms with van der Waals surface area (Å²) in [6.07, 6.45) is 9.60. The van der Waals surface area contributed by atoms with Crippen LogP contribution in [0.25, 0.3) is 0 Å². The van der Waals surface area contributed by atoms with Gasteiger partial charge < -0.3 is 19.7 Å². The molecule has 1 unspecified atom stereocenters. The average molecular weight is 567 g/mol. The third-order valence-corrected chi connectivity index (χ3v) is 7.10. The number of aldehydes is 1. The topological polar surface area (TPSA) is 93.1 Å². The van der Waals surface area contributed by atoms with Crippen molar-refractivity contribution < 1.29 is 29.3 Å². The monoisotopic (exact) mass is 566 g/mol. The van der Waals surface area contributed by atoms with Crippen molar-refractivity contribution in [2.75, 3.05) is 33.5 Å². The highest BCUT2D eigenvalue weighted by atomic mass is 16.5. The normalized spacial score (nSPS) is 11.3. The van der Waals surface area contributed by atoms with Crippen LogP contribution in [-0.4, -0.2) is 56.0 Å². The van der Waals surface area contributed by atoms with E-state index in [1.54, 1.807) is 7.11 Å². The maximum Gasteiger partial charge on any atom is 0.335 e. The van der Waals surface area contributed by atoms with Crippen LogP contribution in [-0.2, 0) is 51.2 Å². The smallest absolute Gasteiger partial charge is 0.335 e. The quantitative estimate of drug-likeness (QED) is 0.101. The number of esters is 1. The summed E-state index contributed by atoms with van der Waals surface area (Å²) in [5, 5.41) is 17.1. The Kier molecular flexibility index (Phi) is 18.2. The molecule has 2 rings (SSSR count). The number of ether oxygens (including phenoxy) is 2. The van der Waals surface area contributed by atoms with Crippen LogP contribution >= 0.6 is 0 Å². The fourth-order valence-corrected chi connectivity index (χ4v) is 4.55. The molecule has 2 aromatic rings. The molecule has 0 bridgehead atoms. The molecule has 1 atom stereocenters. The van der Waals surface area contributed by atoms with E-state index in [4.69, 9.17) is 19.7 Å². The lowest BCUT2D eigenvalue weighted by Gasteiger charge is -2.19. The Balaban J connectivity index is 0.00000126. The third kappa shape index (κ3) is 13.0. The van der Waals surface area contributed by atoms with Gasteiger partial charge in [0.2, 0.25) is 0 Å². The van der Waals surface area contributed by atoms with Crippen molar-refractivity contribution in [2.24, 2.45) is 0 Å². The Labute approximate surface area is 247 Å². The summed E-state index contributed by atoms with van der Waals surface area (Å²) in [5.41, 5.74) is 8.46. The Hall–Kier alpha value is -3.06. The molecule has 0 radical (unpaired) electrons. The molecule has 0 heterocycles. The summed E-state index contributed by atoms with van der Waals surface area (Å²) < 4.78 is 10.7. The molecule has 6 heteroatoms. The van der Waals surface area contributed by atoms with Gasteiger partial charge in [0, 0.05) is 18.6 Å². The first-order valence-electron chi connectivity index (χ1n) is 14.7. The molecule has 0 saturated heterocycles. The van der Waals surface area contributed by atoms with Crippen LogP contribution in [0.4, 0.5) is 0 Å². The minimum atomic E-state index is -0.566. The number of unbranched alkanes of at least 4 members (excludes halogenated alkanes) is 2. The predicted molar refractivity (Wildman–Crippen MR) is 166 cm³/mol. The van der Waals surface area contributed by atoms with E-state index in [9.17, 15) is 9.59 Å². The predicted octanol–water partition coefficient (Wildman–Crippen LogP) is 5.88. The molecule has 6 nitrogen and oxygen atoms in total. The largest absolute Gasteiger partial charge is 0.462 e. The third-order valence-electron chi connectivity index (χ3n) is 7.10. The number of hydrogen-bond acceptors (Lipinski definition) is 6. The zero-order valence-electron chi connectivity index (χ0n) is 25.5. The van der Waals surface area contributed by atoms with Crippen LogP contribution in [0.3, 0.4) is 0 Å². The van der Waals surface area contributed by atoms with Crippen molar-refractivity contribution in [2.45, 2.75) is 78.1 Å². The van der Waals surface area contributed by atoms with E-state index in [1.807, 2.05) is 0 Å². The Bertz CT molecular complexity index is 1100. The number of carbonyl (C=O) groups is 2. The zero-order chi connectivity index (χ0) is 30.6. The van der Waals surface area contributed by atoms with Gasteiger partial charge in [-0.2, -0.15) is 0 Å². The zero-order valence-corrected chi connectivity index (χ0v) is 25.5. The van der Waals surface area contributed by atoms with Crippen molar-refractivity contribution in [1.29, 1.82) is 0 Å². The fourth-order valence-electron chi connectivity index (χ4n) is 4.55. The van der Waals surface area contributed by atoms with Crippen LogP contribution in [0.1, 0.15) is 79.3 Å². The number of aliphatic hydroxyl groups excluding tert-OH is 2. The lowest BCUT2D eigenvalue weighted by molar-refractivity contribution is -0.140. The lowest BCUT2D eigenvalue weighted by Crippen LogP contribution is -2.19. The van der Waals surface area contributed by atoms with Gasteiger partial charge in [-0.15, -0.1) is 0 Å². The molecular formula is C35H50O6. The highest BCUT2D eigenvalue weighted by Gasteiger charge is 2.17. The Morgan fingerprint density at radius 1 is 0.854 bits per heavy atom. The Morgan fingerprint density at radius 3 is 2.07 bits per heavy atom. The second-order valence-electron chi connectivity index (χ2n) is 10.2. The van der Waals surface area contributed by atoms with Crippen molar-refractivity contribution in [1.82, 2.24) is 0 Å². The van der Waals surface area contributed by atoms with Crippen LogP contribution < -0.4 is 0 Å². The minimum Gasteiger partial charge on any atom is -0.462 e. The van der Waals surface area contributed by atoms with E-state index in [-0.39, 0.29) is 30.3 Å². The van der Waals surface area contributed by atoms with Crippen molar-refractivity contribution in [3.05, 3.63) is 94.1 Å². The summed E-state index contributed by atoms with van der Waals surface area (Å²) >= 11 is 0. The molecule has 41 heavy (non-hydrogen) atoms. The van der Waals surface area contributed by atoms with E-state index in [2.05, 4.69) is 70.3 Å². The van der Waals surface area contributed by atoms with Gasteiger partial charge >= 0.3 is 5.97 Å². The molecule has 0 spiro atoms. The Morgan fingerprint density at radius 2 is 1.51 bits per heavy atom. The first-order valence-corrected chi connectivity index (χ1v) is 14.7. The van der Waals surface area contributed by atoms with E-state index < -0.39 is 12.6 Å². The average Bonchev–Trinajstić information content (AvgIpc) is 3.01. The molecule has 0 aromatic heterocycles. The van der Waals surface area contributed by atoms with Gasteiger partial charge in [0.05, 0.1) is 25.4 Å². The molecule has 226 valence electrons. The van der Waals surface area contributed by atoms with Crippen LogP contribution in [0, 0.1) is 0 Å². The maximum absolute atomic E-state index is 11.9. The fraction of sp³-hybridized carbons (Fsp3) is 0.486. The van der Waals surface area contributed by atoms with Gasteiger partial charge in [-0.1, -0.05) is 83.2 Å². The first kappa shape index (κ1) is 36.0. The number of carbonyl (C=O) groups excluding carboxylic acids is 2. The van der Waals surface area contributed by atoms with E-state index in [0.29, 0.717) is 12.9 Å². The van der Waals surface area contributed by atoms with Gasteiger partial charge in [-0.3, -0.25) is 4.79 Å². The van der Waals surface area contributed by atoms with Gasteiger partial charge in [0.25, 0.3) is 0 Å². The summed E-state index contributed by atoms with van der Waals surface area (Å²) in [4.78, 5) is 21.4. The van der Waals surface area contributed by atoms with Crippen molar-refractivity contribution in [3.8, 4) is 0 Å². The highest BCUT2D eigenvalue weighted by Crippen LogP contribution is 2.24. The molecular weight excluding hydrogens is 516 g/mol. The molecule has 2 N–H and O–H groups in total. The van der Waals surface area contributed by atoms with Crippen molar-refractivity contribution in [3.63, 3.8) is 0 Å². The first-order chi connectivity index (χ1) is 19.8. The minimum absolute atomic E-state index is 0.0611. The number of rotatable bonds is 18. The number of aliphatic hydroxyl groups is 2. The number of aryl methyl sites for hydroxylation is 5. The summed E-state index contributed by atoms with van der Waals surface area (Å²) in [5.74, 6) is -0.633. The summed E-state index contributed by atoms with van der Waals surface area (Å²) in [6.45, 7) is 13.4. The molecule has 0 aliphatic carbocycles. The maximum atomic E-state index is 11.9. The highest BCUT2D eigenvalue weighted by molar-refractivity contribution is 5.87. The second kappa shape index (κ2) is 20.8. The van der Waals surface area contributed by atoms with E-state index in [1.165, 1.54) is 53.5 Å². The molecule has 2 aromatic carbocycles. The van der Waals surface area contributed by atoms with Gasteiger partial charge in [-0.25, -0.2) is 4.79 Å². The molecule has 0 amide bonds. The van der Waals surface area contributed by atoms with Crippen LogP contribution in [0.15, 0.2) is 60.7 Å². The van der Waals surface area contributed by atoms with Crippen LogP contribution in [0.5, 0.6) is 0 Å². The van der Waals surface area contributed by atoms with E-state index in [0.717, 1.165) is 31.2 Å². The molecule has 0 aliphatic rings.